The lowest BCUT2D eigenvalue weighted by Gasteiger charge is -2.19. The normalized spacial score (nSPS) is 15.0. The number of aryl methyl sites for hydroxylation is 1. The first-order valence-corrected chi connectivity index (χ1v) is 5.33. The fourth-order valence-electron chi connectivity index (χ4n) is 1.93. The van der Waals surface area contributed by atoms with Crippen molar-refractivity contribution in [2.75, 3.05) is 4.90 Å². The summed E-state index contributed by atoms with van der Waals surface area (Å²) in [6, 6.07) is 4.61. The highest BCUT2D eigenvalue weighted by molar-refractivity contribution is 6.31. The summed E-state index contributed by atoms with van der Waals surface area (Å²) in [5.74, 6) is -2.15. The van der Waals surface area contributed by atoms with E-state index in [4.69, 9.17) is 5.11 Å². The molecular weight excluding hydrogens is 234 g/mol. The number of aromatic carboxylic acids is 1. The first kappa shape index (κ1) is 12.0. The van der Waals surface area contributed by atoms with Gasteiger partial charge in [-0.3, -0.25) is 9.59 Å². The van der Waals surface area contributed by atoms with E-state index in [0.29, 0.717) is 11.1 Å². The largest absolute Gasteiger partial charge is 0.478 e. The van der Waals surface area contributed by atoms with Gasteiger partial charge in [-0.15, -0.1) is 0 Å². The number of para-hydroxylation sites is 1. The molecule has 0 unspecified atom stereocenters. The van der Waals surface area contributed by atoms with Crippen molar-refractivity contribution < 1.29 is 19.5 Å². The van der Waals surface area contributed by atoms with Crippen LogP contribution < -0.4 is 4.90 Å². The van der Waals surface area contributed by atoms with Gasteiger partial charge in [-0.25, -0.2) is 9.69 Å². The number of carboxylic acids is 1. The Morgan fingerprint density at radius 1 is 1.22 bits per heavy atom. The molecule has 92 valence electrons. The van der Waals surface area contributed by atoms with Crippen LogP contribution in [0.25, 0.3) is 0 Å². The minimum atomic E-state index is -1.17. The van der Waals surface area contributed by atoms with Gasteiger partial charge in [0.1, 0.15) is 0 Å². The molecule has 1 N–H and O–H groups in total. The summed E-state index contributed by atoms with van der Waals surface area (Å²) in [6.07, 6.45) is 1.21. The number of carbonyl (C=O) groups is 3. The summed E-state index contributed by atoms with van der Waals surface area (Å²) >= 11 is 0. The van der Waals surface area contributed by atoms with Gasteiger partial charge in [0.25, 0.3) is 11.8 Å². The van der Waals surface area contributed by atoms with E-state index in [-0.39, 0.29) is 11.3 Å². The van der Waals surface area contributed by atoms with Crippen molar-refractivity contribution in [3.8, 4) is 0 Å². The molecule has 1 aliphatic heterocycles. The van der Waals surface area contributed by atoms with E-state index >= 15 is 0 Å². The van der Waals surface area contributed by atoms with Gasteiger partial charge in [-0.2, -0.15) is 0 Å². The Bertz CT molecular complexity index is 601. The topological polar surface area (TPSA) is 74.7 Å². The number of anilines is 1. The van der Waals surface area contributed by atoms with Gasteiger partial charge >= 0.3 is 5.97 Å². The van der Waals surface area contributed by atoms with Gasteiger partial charge in [0.05, 0.1) is 11.3 Å². The molecule has 18 heavy (non-hydrogen) atoms. The van der Waals surface area contributed by atoms with Gasteiger partial charge in [0, 0.05) is 11.6 Å². The number of rotatable bonds is 2. The molecular formula is C13H11NO4. The third-order valence-corrected chi connectivity index (χ3v) is 2.79. The fraction of sp³-hybridized carbons (Fsp3) is 0.154. The molecule has 5 heteroatoms. The Morgan fingerprint density at radius 3 is 2.39 bits per heavy atom. The lowest BCUT2D eigenvalue weighted by molar-refractivity contribution is -0.120. The van der Waals surface area contributed by atoms with Crippen molar-refractivity contribution in [2.45, 2.75) is 13.8 Å². The van der Waals surface area contributed by atoms with Crippen molar-refractivity contribution in [1.82, 2.24) is 0 Å². The molecule has 0 saturated heterocycles. The molecule has 1 aliphatic rings. The van der Waals surface area contributed by atoms with Gasteiger partial charge in [-0.1, -0.05) is 12.1 Å². The first-order chi connectivity index (χ1) is 8.43. The standard InChI is InChI=1S/C13H11NO4/c1-7-4-3-5-9(13(17)18)11(7)14-10(15)6-8(2)12(14)16/h3-6H,1-2H3,(H,17,18). The number of hydrogen-bond acceptors (Lipinski definition) is 3. The molecule has 0 saturated carbocycles. The van der Waals surface area contributed by atoms with Crippen LogP contribution in [0.1, 0.15) is 22.8 Å². The maximum Gasteiger partial charge on any atom is 0.337 e. The van der Waals surface area contributed by atoms with Crippen molar-refractivity contribution >= 4 is 23.5 Å². The quantitative estimate of drug-likeness (QED) is 0.801. The maximum absolute atomic E-state index is 11.9. The summed E-state index contributed by atoms with van der Waals surface area (Å²) in [4.78, 5) is 35.7. The van der Waals surface area contributed by atoms with E-state index in [1.165, 1.54) is 19.1 Å². The minimum Gasteiger partial charge on any atom is -0.478 e. The molecule has 1 aromatic rings. The average Bonchev–Trinajstić information content (AvgIpc) is 2.54. The van der Waals surface area contributed by atoms with Crippen LogP contribution in [0.3, 0.4) is 0 Å². The number of benzene rings is 1. The van der Waals surface area contributed by atoms with Crippen LogP contribution in [0.2, 0.25) is 0 Å². The second kappa shape index (κ2) is 4.10. The number of carboxylic acid groups (broad SMARTS) is 1. The number of imide groups is 1. The zero-order chi connectivity index (χ0) is 13.4. The summed E-state index contributed by atoms with van der Waals surface area (Å²) in [5.41, 5.74) is 0.965. The SMILES string of the molecule is CC1=CC(=O)N(c2c(C)cccc2C(=O)O)C1=O. The third kappa shape index (κ3) is 1.69. The number of hydrogen-bond donors (Lipinski definition) is 1. The van der Waals surface area contributed by atoms with Gasteiger partial charge in [0.15, 0.2) is 0 Å². The van der Waals surface area contributed by atoms with E-state index in [0.717, 1.165) is 4.90 Å². The molecule has 0 fully saturated rings. The summed E-state index contributed by atoms with van der Waals surface area (Å²) in [7, 11) is 0. The van der Waals surface area contributed by atoms with Crippen LogP contribution in [0.5, 0.6) is 0 Å². The van der Waals surface area contributed by atoms with Crippen molar-refractivity contribution in [1.29, 1.82) is 0 Å². The van der Waals surface area contributed by atoms with Crippen molar-refractivity contribution in [2.24, 2.45) is 0 Å². The summed E-state index contributed by atoms with van der Waals surface area (Å²) in [6.45, 7) is 3.19. The van der Waals surface area contributed by atoms with Crippen LogP contribution in [-0.2, 0) is 9.59 Å². The van der Waals surface area contributed by atoms with Crippen LogP contribution in [0.15, 0.2) is 29.8 Å². The van der Waals surface area contributed by atoms with Crippen molar-refractivity contribution in [3.63, 3.8) is 0 Å². The Balaban J connectivity index is 2.63. The van der Waals surface area contributed by atoms with E-state index < -0.39 is 17.8 Å². The van der Waals surface area contributed by atoms with Crippen molar-refractivity contribution in [3.05, 3.63) is 41.0 Å². The van der Waals surface area contributed by atoms with Gasteiger partial charge in [0.2, 0.25) is 0 Å². The average molecular weight is 245 g/mol. The molecule has 0 aromatic heterocycles. The Labute approximate surface area is 103 Å². The lowest BCUT2D eigenvalue weighted by Crippen LogP contribution is -2.32. The second-order valence-electron chi connectivity index (χ2n) is 4.08. The molecule has 2 rings (SSSR count). The number of carbonyl (C=O) groups excluding carboxylic acids is 2. The van der Waals surface area contributed by atoms with E-state index in [2.05, 4.69) is 0 Å². The zero-order valence-electron chi connectivity index (χ0n) is 9.93. The predicted octanol–water partition coefficient (Wildman–Crippen LogP) is 1.51. The Hall–Kier alpha value is -2.43. The van der Waals surface area contributed by atoms with E-state index in [1.807, 2.05) is 0 Å². The minimum absolute atomic E-state index is 0.0557. The maximum atomic E-state index is 11.9. The smallest absolute Gasteiger partial charge is 0.337 e. The molecule has 0 aliphatic carbocycles. The molecule has 0 atom stereocenters. The highest BCUT2D eigenvalue weighted by Crippen LogP contribution is 2.29. The number of nitrogens with zero attached hydrogens (tertiary/aromatic N) is 1. The monoisotopic (exact) mass is 245 g/mol. The highest BCUT2D eigenvalue weighted by atomic mass is 16.4. The van der Waals surface area contributed by atoms with E-state index in [1.54, 1.807) is 19.1 Å². The summed E-state index contributed by atoms with van der Waals surface area (Å²) in [5, 5.41) is 9.12. The summed E-state index contributed by atoms with van der Waals surface area (Å²) < 4.78 is 0. The molecule has 1 heterocycles. The molecule has 0 radical (unpaired) electrons. The molecule has 0 bridgehead atoms. The van der Waals surface area contributed by atoms with Crippen LogP contribution in [0.4, 0.5) is 5.69 Å². The number of amides is 2. The first-order valence-electron chi connectivity index (χ1n) is 5.33. The molecule has 1 aromatic carbocycles. The molecule has 2 amide bonds. The van der Waals surface area contributed by atoms with E-state index in [9.17, 15) is 14.4 Å². The van der Waals surface area contributed by atoms with Crippen LogP contribution >= 0.6 is 0 Å². The predicted molar refractivity (Wildman–Crippen MR) is 64.4 cm³/mol. The van der Waals surface area contributed by atoms with Crippen LogP contribution in [-0.4, -0.2) is 22.9 Å². The Kier molecular flexibility index (Phi) is 2.74. The third-order valence-electron chi connectivity index (χ3n) is 2.79. The van der Waals surface area contributed by atoms with Gasteiger partial charge in [-0.05, 0) is 25.5 Å². The van der Waals surface area contributed by atoms with Gasteiger partial charge < -0.3 is 5.11 Å². The second-order valence-corrected chi connectivity index (χ2v) is 4.08. The Morgan fingerprint density at radius 2 is 1.89 bits per heavy atom. The molecule has 0 spiro atoms. The lowest BCUT2D eigenvalue weighted by atomic mass is 10.1. The van der Waals surface area contributed by atoms with Crippen LogP contribution in [0, 0.1) is 6.92 Å². The highest BCUT2D eigenvalue weighted by Gasteiger charge is 2.33. The fourth-order valence-corrected chi connectivity index (χ4v) is 1.93. The zero-order valence-corrected chi connectivity index (χ0v) is 9.93. The molecule has 5 nitrogen and oxygen atoms in total.